The van der Waals surface area contributed by atoms with Gasteiger partial charge in [0.1, 0.15) is 5.82 Å². The van der Waals surface area contributed by atoms with E-state index in [2.05, 4.69) is 35.0 Å². The minimum atomic E-state index is -0.306. The van der Waals surface area contributed by atoms with Gasteiger partial charge in [-0.15, -0.1) is 11.3 Å². The summed E-state index contributed by atoms with van der Waals surface area (Å²) in [6, 6.07) is 13.0. The first-order valence-corrected chi connectivity index (χ1v) is 8.02. The largest absolute Gasteiger partial charge is 0.313 e. The summed E-state index contributed by atoms with van der Waals surface area (Å²) in [7, 11) is 1.90. The fourth-order valence-corrected chi connectivity index (χ4v) is 3.84. The first-order valence-electron chi connectivity index (χ1n) is 6.76. The smallest absolute Gasteiger partial charge is 0.124 e. The van der Waals surface area contributed by atoms with Gasteiger partial charge in [-0.1, -0.05) is 35.9 Å². The van der Waals surface area contributed by atoms with Crippen molar-refractivity contribution in [1.29, 1.82) is 0 Å². The monoisotopic (exact) mass is 319 g/mol. The van der Waals surface area contributed by atoms with Gasteiger partial charge in [0.2, 0.25) is 0 Å². The van der Waals surface area contributed by atoms with E-state index in [1.54, 1.807) is 17.4 Å². The fraction of sp³-hybridized carbons (Fsp3) is 0.176. The Balaban J connectivity index is 1.94. The van der Waals surface area contributed by atoms with Crippen molar-refractivity contribution in [3.8, 4) is 0 Å². The van der Waals surface area contributed by atoms with Crippen molar-refractivity contribution < 1.29 is 4.39 Å². The van der Waals surface area contributed by atoms with Gasteiger partial charge in [-0.3, -0.25) is 0 Å². The quantitative estimate of drug-likeness (QED) is 0.697. The number of halogens is 2. The van der Waals surface area contributed by atoms with Crippen LogP contribution >= 0.6 is 22.9 Å². The highest BCUT2D eigenvalue weighted by Crippen LogP contribution is 2.31. The summed E-state index contributed by atoms with van der Waals surface area (Å²) in [5.41, 5.74) is 2.21. The molecule has 1 N–H and O–H groups in total. The molecule has 2 aromatic carbocycles. The molecule has 1 unspecified atom stereocenters. The van der Waals surface area contributed by atoms with E-state index in [0.717, 1.165) is 12.0 Å². The third-order valence-corrected chi connectivity index (χ3v) is 5.01. The van der Waals surface area contributed by atoms with Gasteiger partial charge in [0.15, 0.2) is 0 Å². The van der Waals surface area contributed by atoms with Gasteiger partial charge in [0, 0.05) is 15.8 Å². The van der Waals surface area contributed by atoms with E-state index in [0.29, 0.717) is 5.02 Å². The van der Waals surface area contributed by atoms with Gasteiger partial charge in [0.05, 0.1) is 0 Å². The Hall–Kier alpha value is -1.42. The molecule has 1 heterocycles. The van der Waals surface area contributed by atoms with Gasteiger partial charge < -0.3 is 5.32 Å². The lowest BCUT2D eigenvalue weighted by molar-refractivity contribution is 0.588. The Bertz CT molecular complexity index is 768. The summed E-state index contributed by atoms with van der Waals surface area (Å²) in [6.07, 6.45) is 0.825. The van der Waals surface area contributed by atoms with Crippen LogP contribution in [0.4, 0.5) is 4.39 Å². The summed E-state index contributed by atoms with van der Waals surface area (Å²) in [5, 5.41) is 7.21. The second kappa shape index (κ2) is 6.14. The molecule has 21 heavy (non-hydrogen) atoms. The topological polar surface area (TPSA) is 12.0 Å². The summed E-state index contributed by atoms with van der Waals surface area (Å²) in [5.74, 6) is -0.306. The standard InChI is InChI=1S/C17H15ClFNS/c1-20-16(14-7-6-12(19)9-15(14)18)8-11-10-21-17-5-3-2-4-13(11)17/h2-7,9-10,16,20H,8H2,1H3. The van der Waals surface area contributed by atoms with E-state index in [4.69, 9.17) is 11.6 Å². The minimum absolute atomic E-state index is 0.0658. The highest BCUT2D eigenvalue weighted by molar-refractivity contribution is 7.17. The average Bonchev–Trinajstić information content (AvgIpc) is 2.89. The van der Waals surface area contributed by atoms with Crippen LogP contribution in [0.25, 0.3) is 10.1 Å². The molecule has 0 fully saturated rings. The SMILES string of the molecule is CNC(Cc1csc2ccccc12)c1ccc(F)cc1Cl. The molecule has 0 spiro atoms. The van der Waals surface area contributed by atoms with Crippen LogP contribution in [0.3, 0.4) is 0 Å². The van der Waals surface area contributed by atoms with Crippen LogP contribution in [0.15, 0.2) is 47.8 Å². The van der Waals surface area contributed by atoms with Gasteiger partial charge in [-0.2, -0.15) is 0 Å². The van der Waals surface area contributed by atoms with Crippen LogP contribution in [0.5, 0.6) is 0 Å². The maximum absolute atomic E-state index is 13.2. The van der Waals surface area contributed by atoms with Gasteiger partial charge in [-0.05, 0) is 53.6 Å². The normalized spacial score (nSPS) is 12.7. The second-order valence-electron chi connectivity index (χ2n) is 4.97. The Labute approximate surface area is 132 Å². The molecule has 0 aliphatic rings. The number of rotatable bonds is 4. The third kappa shape index (κ3) is 2.95. The van der Waals surface area contributed by atoms with E-state index in [9.17, 15) is 4.39 Å². The summed E-state index contributed by atoms with van der Waals surface area (Å²) >= 11 is 7.93. The maximum Gasteiger partial charge on any atom is 0.124 e. The lowest BCUT2D eigenvalue weighted by Gasteiger charge is -2.18. The molecule has 0 aliphatic heterocycles. The van der Waals surface area contributed by atoms with Crippen molar-refractivity contribution in [3.63, 3.8) is 0 Å². The van der Waals surface area contributed by atoms with Crippen molar-refractivity contribution in [2.24, 2.45) is 0 Å². The van der Waals surface area contributed by atoms with E-state index < -0.39 is 0 Å². The fourth-order valence-electron chi connectivity index (χ4n) is 2.56. The Morgan fingerprint density at radius 2 is 2.05 bits per heavy atom. The maximum atomic E-state index is 13.2. The second-order valence-corrected chi connectivity index (χ2v) is 6.29. The zero-order valence-corrected chi connectivity index (χ0v) is 13.1. The van der Waals surface area contributed by atoms with Crippen molar-refractivity contribution in [2.45, 2.75) is 12.5 Å². The van der Waals surface area contributed by atoms with Crippen molar-refractivity contribution in [1.82, 2.24) is 5.32 Å². The van der Waals surface area contributed by atoms with E-state index in [1.807, 2.05) is 7.05 Å². The third-order valence-electron chi connectivity index (χ3n) is 3.67. The van der Waals surface area contributed by atoms with Crippen LogP contribution in [-0.2, 0) is 6.42 Å². The molecule has 1 aromatic heterocycles. The summed E-state index contributed by atoms with van der Waals surface area (Å²) < 4.78 is 14.5. The van der Waals surface area contributed by atoms with Gasteiger partial charge in [0.25, 0.3) is 0 Å². The Morgan fingerprint density at radius 1 is 1.24 bits per heavy atom. The number of likely N-dealkylation sites (N-methyl/N-ethyl adjacent to an activating group) is 1. The lowest BCUT2D eigenvalue weighted by Crippen LogP contribution is -2.19. The molecule has 0 aliphatic carbocycles. The van der Waals surface area contributed by atoms with Crippen LogP contribution in [0, 0.1) is 5.82 Å². The molecule has 3 rings (SSSR count). The van der Waals surface area contributed by atoms with E-state index >= 15 is 0 Å². The highest BCUT2D eigenvalue weighted by atomic mass is 35.5. The molecule has 3 aromatic rings. The number of hydrogen-bond donors (Lipinski definition) is 1. The molecule has 1 nitrogen and oxygen atoms in total. The Morgan fingerprint density at radius 3 is 2.81 bits per heavy atom. The molecular formula is C17H15ClFNS. The number of hydrogen-bond acceptors (Lipinski definition) is 2. The Kier molecular flexibility index (Phi) is 4.24. The summed E-state index contributed by atoms with van der Waals surface area (Å²) in [6.45, 7) is 0. The van der Waals surface area contributed by atoms with Crippen LogP contribution in [0.1, 0.15) is 17.2 Å². The lowest BCUT2D eigenvalue weighted by atomic mass is 9.98. The van der Waals surface area contributed by atoms with Crippen molar-refractivity contribution in [2.75, 3.05) is 7.05 Å². The van der Waals surface area contributed by atoms with Crippen molar-refractivity contribution >= 4 is 33.0 Å². The first kappa shape index (κ1) is 14.5. The highest BCUT2D eigenvalue weighted by Gasteiger charge is 2.16. The molecule has 0 amide bonds. The zero-order valence-electron chi connectivity index (χ0n) is 11.6. The molecular weight excluding hydrogens is 305 g/mol. The average molecular weight is 320 g/mol. The number of benzene rings is 2. The molecule has 0 saturated carbocycles. The first-order chi connectivity index (χ1) is 10.2. The molecule has 1 atom stereocenters. The number of nitrogens with one attached hydrogen (secondary N) is 1. The predicted molar refractivity (Wildman–Crippen MR) is 88.7 cm³/mol. The molecule has 108 valence electrons. The van der Waals surface area contributed by atoms with E-state index in [-0.39, 0.29) is 11.9 Å². The molecule has 0 radical (unpaired) electrons. The number of fused-ring (bicyclic) bond motifs is 1. The minimum Gasteiger partial charge on any atom is -0.313 e. The van der Waals surface area contributed by atoms with Crippen LogP contribution in [-0.4, -0.2) is 7.05 Å². The van der Waals surface area contributed by atoms with Crippen LogP contribution in [0.2, 0.25) is 5.02 Å². The summed E-state index contributed by atoms with van der Waals surface area (Å²) in [4.78, 5) is 0. The zero-order chi connectivity index (χ0) is 14.8. The van der Waals surface area contributed by atoms with Gasteiger partial charge >= 0.3 is 0 Å². The van der Waals surface area contributed by atoms with Gasteiger partial charge in [-0.25, -0.2) is 4.39 Å². The van der Waals surface area contributed by atoms with Crippen LogP contribution < -0.4 is 5.32 Å². The molecule has 0 saturated heterocycles. The predicted octanol–water partition coefficient (Wildman–Crippen LogP) is 5.20. The van der Waals surface area contributed by atoms with E-state index in [1.165, 1.54) is 27.8 Å². The number of thiophene rings is 1. The molecule has 0 bridgehead atoms. The molecule has 4 heteroatoms. The van der Waals surface area contributed by atoms with Crippen molar-refractivity contribution in [3.05, 3.63) is 69.8 Å².